The van der Waals surface area contributed by atoms with Crippen molar-refractivity contribution in [1.82, 2.24) is 0 Å². The van der Waals surface area contributed by atoms with Gasteiger partial charge in [0.25, 0.3) is 0 Å². The van der Waals surface area contributed by atoms with Crippen LogP contribution in [0.25, 0.3) is 141 Å². The lowest BCUT2D eigenvalue weighted by Crippen LogP contribution is -1.91. The van der Waals surface area contributed by atoms with E-state index in [1.54, 1.807) is 0 Å². The fraction of sp³-hybridized carbons (Fsp3) is 0. The van der Waals surface area contributed by atoms with Gasteiger partial charge in [-0.1, -0.05) is 188 Å². The van der Waals surface area contributed by atoms with Gasteiger partial charge in [0, 0.05) is 30.9 Å². The molecule has 1 nitrogen and oxygen atoms in total. The van der Waals surface area contributed by atoms with Gasteiger partial charge in [0.05, 0.1) is 0 Å². The Morgan fingerprint density at radius 1 is 0.212 bits per heavy atom. The SMILES string of the molecule is c1ccc(-c2ccc3oc4ccc(-c5c6ccccc6c(-c6ccc7sc8cc(-c9c%10ccccc%10c(-c%10ccccc%10)c%10ccccc9%10)ccc8c7c6)c6ccccc56)cc4c3c2)cc1. The molecule has 12 aromatic carbocycles. The average Bonchev–Trinajstić information content (AvgIpc) is 3.94. The van der Waals surface area contributed by atoms with Gasteiger partial charge in [-0.15, -0.1) is 11.3 Å². The zero-order chi connectivity index (χ0) is 43.3. The lowest BCUT2D eigenvalue weighted by atomic mass is 9.85. The molecule has 0 radical (unpaired) electrons. The molecule has 0 fully saturated rings. The molecule has 0 aliphatic heterocycles. The second kappa shape index (κ2) is 14.6. The third kappa shape index (κ3) is 5.65. The highest BCUT2D eigenvalue weighted by Crippen LogP contribution is 2.48. The van der Waals surface area contributed by atoms with Crippen molar-refractivity contribution in [3.05, 3.63) is 231 Å². The fourth-order valence-corrected chi connectivity index (χ4v) is 12.1. The summed E-state index contributed by atoms with van der Waals surface area (Å²) in [4.78, 5) is 0. The average molecular weight is 855 g/mol. The van der Waals surface area contributed by atoms with Gasteiger partial charge in [0.1, 0.15) is 11.2 Å². The Hall–Kier alpha value is -8.30. The van der Waals surface area contributed by atoms with Gasteiger partial charge in [-0.25, -0.2) is 0 Å². The van der Waals surface area contributed by atoms with Crippen molar-refractivity contribution in [3.8, 4) is 55.6 Å². The Balaban J connectivity index is 0.932. The highest BCUT2D eigenvalue weighted by atomic mass is 32.1. The van der Waals surface area contributed by atoms with E-state index in [2.05, 4.69) is 231 Å². The van der Waals surface area contributed by atoms with Crippen LogP contribution in [-0.2, 0) is 0 Å². The maximum atomic E-state index is 6.43. The molecule has 0 saturated heterocycles. The van der Waals surface area contributed by atoms with Gasteiger partial charge in [-0.2, -0.15) is 0 Å². The zero-order valence-corrected chi connectivity index (χ0v) is 36.6. The summed E-state index contributed by atoms with van der Waals surface area (Å²) in [7, 11) is 0. The maximum absolute atomic E-state index is 6.43. The summed E-state index contributed by atoms with van der Waals surface area (Å²) in [5, 5.41) is 14.9. The number of thiophene rings is 1. The Bertz CT molecular complexity index is 4160. The smallest absolute Gasteiger partial charge is 0.135 e. The number of hydrogen-bond donors (Lipinski definition) is 0. The van der Waals surface area contributed by atoms with Gasteiger partial charge in [-0.3, -0.25) is 0 Å². The topological polar surface area (TPSA) is 13.1 Å². The van der Waals surface area contributed by atoms with Gasteiger partial charge in [-0.05, 0) is 141 Å². The molecular weight excluding hydrogens is 817 g/mol. The standard InChI is InChI=1S/C64H38OS/c1-3-15-39(16-4-1)41-28-32-57-54(35-41)55-36-42(29-33-58(55)65-57)62-50-23-11-13-25-52(50)63(53-26-14-12-24-51(53)62)43-30-34-59-56(37-43)45-31-27-44(38-60(45)66-59)64-48-21-9-7-19-46(48)61(40-17-5-2-6-18-40)47-20-8-10-22-49(47)64/h1-38H. The molecule has 0 amide bonds. The molecule has 66 heavy (non-hydrogen) atoms. The number of fused-ring (bicyclic) bond motifs is 10. The molecule has 0 aliphatic rings. The van der Waals surface area contributed by atoms with Crippen LogP contribution in [0.4, 0.5) is 0 Å². The van der Waals surface area contributed by atoms with E-state index >= 15 is 0 Å². The molecule has 0 saturated carbocycles. The minimum absolute atomic E-state index is 0.898. The lowest BCUT2D eigenvalue weighted by molar-refractivity contribution is 0.669. The second-order valence-electron chi connectivity index (χ2n) is 17.5. The summed E-state index contributed by atoms with van der Waals surface area (Å²) in [6.45, 7) is 0. The molecule has 2 heterocycles. The van der Waals surface area contributed by atoms with E-state index in [-0.39, 0.29) is 0 Å². The fourth-order valence-electron chi connectivity index (χ4n) is 10.9. The van der Waals surface area contributed by atoms with Crippen molar-refractivity contribution >= 4 is 96.5 Å². The van der Waals surface area contributed by atoms with E-state index in [1.807, 2.05) is 11.3 Å². The minimum Gasteiger partial charge on any atom is -0.456 e. The highest BCUT2D eigenvalue weighted by molar-refractivity contribution is 7.25. The number of benzene rings is 12. The van der Waals surface area contributed by atoms with E-state index in [0.717, 1.165) is 21.9 Å². The molecule has 0 aliphatic carbocycles. The largest absolute Gasteiger partial charge is 0.456 e. The minimum atomic E-state index is 0.898. The van der Waals surface area contributed by atoms with Crippen LogP contribution in [0.5, 0.6) is 0 Å². The van der Waals surface area contributed by atoms with E-state index in [0.29, 0.717) is 0 Å². The highest BCUT2D eigenvalue weighted by Gasteiger charge is 2.21. The first-order valence-electron chi connectivity index (χ1n) is 22.6. The monoisotopic (exact) mass is 854 g/mol. The first-order chi connectivity index (χ1) is 32.7. The summed E-state index contributed by atoms with van der Waals surface area (Å²) >= 11 is 1.89. The summed E-state index contributed by atoms with van der Waals surface area (Å²) in [6, 6.07) is 84.7. The zero-order valence-electron chi connectivity index (χ0n) is 35.8. The molecule has 2 heteroatoms. The van der Waals surface area contributed by atoms with Crippen molar-refractivity contribution in [2.24, 2.45) is 0 Å². The summed E-state index contributed by atoms with van der Waals surface area (Å²) in [6.07, 6.45) is 0. The van der Waals surface area contributed by atoms with Crippen LogP contribution in [0.2, 0.25) is 0 Å². The van der Waals surface area contributed by atoms with E-state index < -0.39 is 0 Å². The molecule has 0 N–H and O–H groups in total. The van der Waals surface area contributed by atoms with Crippen molar-refractivity contribution in [2.75, 3.05) is 0 Å². The van der Waals surface area contributed by atoms with Gasteiger partial charge < -0.3 is 4.42 Å². The van der Waals surface area contributed by atoms with Gasteiger partial charge in [0.15, 0.2) is 0 Å². The van der Waals surface area contributed by atoms with Crippen molar-refractivity contribution < 1.29 is 4.42 Å². The number of hydrogen-bond acceptors (Lipinski definition) is 2. The van der Waals surface area contributed by atoms with Gasteiger partial charge in [0.2, 0.25) is 0 Å². The van der Waals surface area contributed by atoms with E-state index in [1.165, 1.54) is 119 Å². The third-order valence-electron chi connectivity index (χ3n) is 13.8. The van der Waals surface area contributed by atoms with Crippen molar-refractivity contribution in [3.63, 3.8) is 0 Å². The molecular formula is C64H38OS. The second-order valence-corrected chi connectivity index (χ2v) is 18.5. The van der Waals surface area contributed by atoms with Crippen LogP contribution in [0.3, 0.4) is 0 Å². The summed E-state index contributed by atoms with van der Waals surface area (Å²) in [5.74, 6) is 0. The molecule has 0 unspecified atom stereocenters. The molecule has 2 aromatic heterocycles. The Morgan fingerprint density at radius 3 is 1.08 bits per heavy atom. The molecule has 0 bridgehead atoms. The lowest BCUT2D eigenvalue weighted by Gasteiger charge is -2.18. The van der Waals surface area contributed by atoms with E-state index in [4.69, 9.17) is 4.42 Å². The quantitative estimate of drug-likeness (QED) is 0.157. The normalized spacial score (nSPS) is 11.9. The Kier molecular flexibility index (Phi) is 8.22. The maximum Gasteiger partial charge on any atom is 0.135 e. The molecule has 14 aromatic rings. The molecule has 0 atom stereocenters. The molecule has 306 valence electrons. The predicted molar refractivity (Wildman–Crippen MR) is 284 cm³/mol. The van der Waals surface area contributed by atoms with Crippen LogP contribution >= 0.6 is 11.3 Å². The molecule has 0 spiro atoms. The predicted octanol–water partition coefficient (Wildman–Crippen LogP) is 18.9. The van der Waals surface area contributed by atoms with Crippen LogP contribution in [0, 0.1) is 0 Å². The van der Waals surface area contributed by atoms with Crippen LogP contribution in [-0.4, -0.2) is 0 Å². The van der Waals surface area contributed by atoms with Gasteiger partial charge >= 0.3 is 0 Å². The Morgan fingerprint density at radius 2 is 0.576 bits per heavy atom. The van der Waals surface area contributed by atoms with E-state index in [9.17, 15) is 0 Å². The number of rotatable bonds is 5. The Labute approximate surface area is 385 Å². The molecule has 14 rings (SSSR count). The third-order valence-corrected chi connectivity index (χ3v) is 15.0. The summed E-state index contributed by atoms with van der Waals surface area (Å²) < 4.78 is 9.02. The number of furan rings is 1. The first kappa shape index (κ1) is 37.1. The van der Waals surface area contributed by atoms with Crippen molar-refractivity contribution in [1.29, 1.82) is 0 Å². The first-order valence-corrected chi connectivity index (χ1v) is 23.5. The summed E-state index contributed by atoms with van der Waals surface area (Å²) in [5.41, 5.74) is 14.2. The van der Waals surface area contributed by atoms with Crippen LogP contribution < -0.4 is 0 Å². The van der Waals surface area contributed by atoms with Crippen LogP contribution in [0.15, 0.2) is 235 Å². The van der Waals surface area contributed by atoms with Crippen LogP contribution in [0.1, 0.15) is 0 Å². The van der Waals surface area contributed by atoms with Crippen molar-refractivity contribution in [2.45, 2.75) is 0 Å².